The summed E-state index contributed by atoms with van der Waals surface area (Å²) >= 11 is 0. The third-order valence-corrected chi connectivity index (χ3v) is 6.06. The van der Waals surface area contributed by atoms with E-state index in [1.165, 1.54) is 16.7 Å². The van der Waals surface area contributed by atoms with Gasteiger partial charge in [-0.3, -0.25) is 4.79 Å². The number of aromatic nitrogens is 2. The van der Waals surface area contributed by atoms with Crippen LogP contribution in [0.3, 0.4) is 0 Å². The molecule has 7 nitrogen and oxygen atoms in total. The van der Waals surface area contributed by atoms with Crippen molar-refractivity contribution < 1.29 is 14.3 Å². The monoisotopic (exact) mass is 454 g/mol. The largest absolute Gasteiger partial charge is 0.378 e. The Morgan fingerprint density at radius 3 is 2.42 bits per heavy atom. The number of hydrogen-bond donors (Lipinski definition) is 0. The van der Waals surface area contributed by atoms with Gasteiger partial charge in [0.2, 0.25) is 5.91 Å². The summed E-state index contributed by atoms with van der Waals surface area (Å²) in [4.78, 5) is 26.4. The fraction of sp³-hybridized carbons (Fsp3) is 0.577. The number of rotatable bonds is 9. The van der Waals surface area contributed by atoms with E-state index in [-0.39, 0.29) is 12.5 Å². The van der Waals surface area contributed by atoms with Crippen molar-refractivity contribution in [3.63, 3.8) is 0 Å². The summed E-state index contributed by atoms with van der Waals surface area (Å²) < 4.78 is 10.6. The van der Waals surface area contributed by atoms with Gasteiger partial charge < -0.3 is 19.3 Å². The van der Waals surface area contributed by atoms with Gasteiger partial charge >= 0.3 is 0 Å². The lowest BCUT2D eigenvalue weighted by atomic mass is 9.97. The molecule has 1 fully saturated rings. The molecule has 7 heteroatoms. The first kappa shape index (κ1) is 25.1. The molecule has 1 aliphatic heterocycles. The maximum atomic E-state index is 12.3. The number of ether oxygens (including phenoxy) is 2. The van der Waals surface area contributed by atoms with E-state index in [4.69, 9.17) is 19.4 Å². The molecule has 0 bridgehead atoms. The molecule has 2 heterocycles. The summed E-state index contributed by atoms with van der Waals surface area (Å²) in [7, 11) is 3.27. The number of aryl methyl sites for hydroxylation is 2. The Morgan fingerprint density at radius 2 is 1.79 bits per heavy atom. The minimum atomic E-state index is 0.0380. The van der Waals surface area contributed by atoms with E-state index in [0.29, 0.717) is 25.6 Å². The van der Waals surface area contributed by atoms with Crippen LogP contribution in [-0.2, 0) is 33.7 Å². The number of amides is 1. The molecule has 0 aliphatic carbocycles. The molecule has 1 saturated heterocycles. The number of anilines is 1. The van der Waals surface area contributed by atoms with Gasteiger partial charge in [0.1, 0.15) is 18.2 Å². The van der Waals surface area contributed by atoms with Crippen LogP contribution < -0.4 is 4.90 Å². The van der Waals surface area contributed by atoms with Crippen LogP contribution in [0.5, 0.6) is 0 Å². The minimum absolute atomic E-state index is 0.0380. The number of benzene rings is 1. The predicted octanol–water partition coefficient (Wildman–Crippen LogP) is 3.32. The van der Waals surface area contributed by atoms with Gasteiger partial charge in [0.15, 0.2) is 0 Å². The smallest absolute Gasteiger partial charge is 0.248 e. The Bertz CT molecular complexity index is 953. The van der Waals surface area contributed by atoms with E-state index >= 15 is 0 Å². The zero-order valence-electron chi connectivity index (χ0n) is 21.0. The summed E-state index contributed by atoms with van der Waals surface area (Å²) in [5.74, 6) is 2.33. The van der Waals surface area contributed by atoms with Gasteiger partial charge in [0.25, 0.3) is 0 Å². The van der Waals surface area contributed by atoms with Crippen molar-refractivity contribution in [1.29, 1.82) is 0 Å². The molecule has 0 atom stereocenters. The van der Waals surface area contributed by atoms with Crippen LogP contribution >= 0.6 is 0 Å². The van der Waals surface area contributed by atoms with Gasteiger partial charge in [-0.05, 0) is 30.9 Å². The fourth-order valence-electron chi connectivity index (χ4n) is 4.29. The number of carbonyl (C=O) groups is 1. The van der Waals surface area contributed by atoms with E-state index in [9.17, 15) is 4.79 Å². The van der Waals surface area contributed by atoms with Gasteiger partial charge in [-0.25, -0.2) is 9.97 Å². The number of nitrogens with zero attached hydrogens (tertiary/aromatic N) is 4. The molecule has 0 saturated carbocycles. The lowest BCUT2D eigenvalue weighted by Gasteiger charge is -2.36. The van der Waals surface area contributed by atoms with Crippen molar-refractivity contribution in [2.75, 3.05) is 51.9 Å². The maximum absolute atomic E-state index is 12.3. The molecule has 0 spiro atoms. The molecule has 180 valence electrons. The van der Waals surface area contributed by atoms with Crippen molar-refractivity contribution in [2.24, 2.45) is 5.92 Å². The van der Waals surface area contributed by atoms with Crippen LogP contribution in [0.15, 0.2) is 18.2 Å². The molecular formula is C26H38N4O3. The Morgan fingerprint density at radius 1 is 1.06 bits per heavy atom. The summed E-state index contributed by atoms with van der Waals surface area (Å²) in [6, 6.07) is 6.57. The lowest BCUT2D eigenvalue weighted by molar-refractivity contribution is -0.135. The molecule has 0 unspecified atom stereocenters. The zero-order chi connectivity index (χ0) is 24.0. The third kappa shape index (κ3) is 6.51. The third-order valence-electron chi connectivity index (χ3n) is 6.06. The minimum Gasteiger partial charge on any atom is -0.378 e. The van der Waals surface area contributed by atoms with Gasteiger partial charge in [0, 0.05) is 58.8 Å². The fourth-order valence-corrected chi connectivity index (χ4v) is 4.29. The van der Waals surface area contributed by atoms with Crippen LogP contribution in [0, 0.1) is 19.8 Å². The molecule has 0 radical (unpaired) electrons. The highest BCUT2D eigenvalue weighted by molar-refractivity contribution is 5.77. The molecule has 1 aliphatic rings. The van der Waals surface area contributed by atoms with Gasteiger partial charge in [-0.2, -0.15) is 0 Å². The van der Waals surface area contributed by atoms with Gasteiger partial charge in [-0.15, -0.1) is 0 Å². The zero-order valence-corrected chi connectivity index (χ0v) is 21.0. The summed E-state index contributed by atoms with van der Waals surface area (Å²) in [6.45, 7) is 12.0. The highest BCUT2D eigenvalue weighted by atomic mass is 16.5. The second-order valence-corrected chi connectivity index (χ2v) is 9.33. The summed E-state index contributed by atoms with van der Waals surface area (Å²) in [5.41, 5.74) is 5.86. The van der Waals surface area contributed by atoms with Crippen LogP contribution in [0.1, 0.15) is 47.6 Å². The average molecular weight is 455 g/mol. The van der Waals surface area contributed by atoms with Gasteiger partial charge in [-0.1, -0.05) is 37.6 Å². The summed E-state index contributed by atoms with van der Waals surface area (Å²) in [5, 5.41) is 0. The molecule has 0 N–H and O–H groups in total. The Labute approximate surface area is 198 Å². The van der Waals surface area contributed by atoms with Crippen molar-refractivity contribution in [3.8, 4) is 0 Å². The molecule has 1 aromatic carbocycles. The van der Waals surface area contributed by atoms with E-state index in [1.807, 2.05) is 4.90 Å². The van der Waals surface area contributed by atoms with Crippen LogP contribution in [0.2, 0.25) is 0 Å². The SMILES string of the molecule is COCC(=O)N1CCN(c2nc(CC(C)C)nc(COC)c2Cc2cc(C)ccc2C)CC1. The number of methoxy groups -OCH3 is 2. The molecule has 3 rings (SSSR count). The second-order valence-electron chi connectivity index (χ2n) is 9.33. The number of hydrogen-bond acceptors (Lipinski definition) is 6. The van der Waals surface area contributed by atoms with Crippen molar-refractivity contribution in [1.82, 2.24) is 14.9 Å². The quantitative estimate of drug-likeness (QED) is 0.579. The van der Waals surface area contributed by atoms with Crippen LogP contribution in [0.4, 0.5) is 5.82 Å². The first-order valence-electron chi connectivity index (χ1n) is 11.8. The normalized spacial score (nSPS) is 14.3. The first-order valence-corrected chi connectivity index (χ1v) is 11.8. The van der Waals surface area contributed by atoms with E-state index in [2.05, 4.69) is 50.8 Å². The van der Waals surface area contributed by atoms with Crippen LogP contribution in [-0.4, -0.2) is 67.8 Å². The van der Waals surface area contributed by atoms with Crippen LogP contribution in [0.25, 0.3) is 0 Å². The van der Waals surface area contributed by atoms with E-state index < -0.39 is 0 Å². The summed E-state index contributed by atoms with van der Waals surface area (Å²) in [6.07, 6.45) is 1.58. The first-order chi connectivity index (χ1) is 15.8. The lowest BCUT2D eigenvalue weighted by Crippen LogP contribution is -2.50. The van der Waals surface area contributed by atoms with Crippen molar-refractivity contribution >= 4 is 11.7 Å². The van der Waals surface area contributed by atoms with Crippen molar-refractivity contribution in [2.45, 2.75) is 47.1 Å². The Balaban J connectivity index is 1.99. The van der Waals surface area contributed by atoms with Gasteiger partial charge in [0.05, 0.1) is 12.3 Å². The second kappa shape index (κ2) is 11.6. The number of carbonyl (C=O) groups excluding carboxylic acids is 1. The highest BCUT2D eigenvalue weighted by Gasteiger charge is 2.26. The number of piperazine rings is 1. The predicted molar refractivity (Wildman–Crippen MR) is 131 cm³/mol. The molecule has 2 aromatic rings. The molecular weight excluding hydrogens is 416 g/mol. The maximum Gasteiger partial charge on any atom is 0.248 e. The van der Waals surface area contributed by atoms with Crippen molar-refractivity contribution in [3.05, 3.63) is 52.0 Å². The highest BCUT2D eigenvalue weighted by Crippen LogP contribution is 2.28. The Kier molecular flexibility index (Phi) is 8.80. The Hall–Kier alpha value is -2.51. The molecule has 1 aromatic heterocycles. The van der Waals surface area contributed by atoms with E-state index in [1.54, 1.807) is 14.2 Å². The topological polar surface area (TPSA) is 67.8 Å². The van der Waals surface area contributed by atoms with E-state index in [0.717, 1.165) is 48.8 Å². The average Bonchev–Trinajstić information content (AvgIpc) is 2.77. The standard InChI is InChI=1S/C26H38N4O3/c1-18(2)13-24-27-23(16-32-5)22(15-21-14-19(3)7-8-20(21)4)26(28-24)30-11-9-29(10-12-30)25(31)17-33-6/h7-8,14,18H,9-13,15-17H2,1-6H3. The molecule has 33 heavy (non-hydrogen) atoms. The molecule has 1 amide bonds.